The van der Waals surface area contributed by atoms with Crippen LogP contribution in [-0.4, -0.2) is 4.57 Å². The van der Waals surface area contributed by atoms with Crippen molar-refractivity contribution in [1.82, 2.24) is 4.57 Å². The van der Waals surface area contributed by atoms with Gasteiger partial charge in [0.25, 0.3) is 0 Å². The highest BCUT2D eigenvalue weighted by Crippen LogP contribution is 2.49. The molecular formula is C54H36N2S. The Morgan fingerprint density at radius 2 is 0.825 bits per heavy atom. The number of thiophene rings is 1. The van der Waals surface area contributed by atoms with Crippen LogP contribution in [0.25, 0.3) is 81.0 Å². The summed E-state index contributed by atoms with van der Waals surface area (Å²) in [4.78, 5) is 2.48. The molecular weight excluding hydrogens is 709 g/mol. The number of para-hydroxylation sites is 3. The van der Waals surface area contributed by atoms with Gasteiger partial charge in [-0.25, -0.2) is 0 Å². The van der Waals surface area contributed by atoms with Crippen LogP contribution >= 0.6 is 11.3 Å². The Bertz CT molecular complexity index is 3190. The monoisotopic (exact) mass is 744 g/mol. The lowest BCUT2D eigenvalue weighted by molar-refractivity contribution is 1.17. The molecule has 0 saturated heterocycles. The third-order valence-electron chi connectivity index (χ3n) is 11.2. The maximum atomic E-state index is 2.48. The van der Waals surface area contributed by atoms with Gasteiger partial charge in [-0.1, -0.05) is 158 Å². The molecule has 0 aliphatic carbocycles. The van der Waals surface area contributed by atoms with Crippen LogP contribution in [0.1, 0.15) is 0 Å². The normalized spacial score (nSPS) is 11.5. The summed E-state index contributed by atoms with van der Waals surface area (Å²) in [6, 6.07) is 79.4. The molecule has 0 N–H and O–H groups in total. The zero-order valence-electron chi connectivity index (χ0n) is 31.1. The van der Waals surface area contributed by atoms with Crippen LogP contribution in [-0.2, 0) is 0 Å². The van der Waals surface area contributed by atoms with Crippen LogP contribution in [0.4, 0.5) is 17.1 Å². The second-order valence-corrected chi connectivity index (χ2v) is 15.5. The van der Waals surface area contributed by atoms with Crippen LogP contribution in [0.15, 0.2) is 218 Å². The van der Waals surface area contributed by atoms with Crippen molar-refractivity contribution >= 4 is 70.4 Å². The van der Waals surface area contributed by atoms with E-state index in [1.54, 1.807) is 0 Å². The molecule has 268 valence electrons. The highest BCUT2D eigenvalue weighted by molar-refractivity contribution is 7.26. The molecule has 11 rings (SSSR count). The minimum absolute atomic E-state index is 1.09. The van der Waals surface area contributed by atoms with E-state index in [9.17, 15) is 0 Å². The molecule has 11 aromatic rings. The Morgan fingerprint density at radius 1 is 0.333 bits per heavy atom. The quantitative estimate of drug-likeness (QED) is 0.158. The standard InChI is InChI=1S/C54H36N2S/c1-2-17-37(18-3-1)40-19-4-5-20-41(40)42-21-6-7-22-43(42)44-23-8-12-27-48(44)56(51-30-16-32-53-54(51)47-26-11-15-31-52(47)57-53)39-35-33-38(34-36-39)55-49-28-13-9-24-45(49)46-25-10-14-29-50(46)55/h1-36H. The molecule has 3 heteroatoms. The smallest absolute Gasteiger partial charge is 0.0555 e. The summed E-state index contributed by atoms with van der Waals surface area (Å²) in [5.74, 6) is 0. The summed E-state index contributed by atoms with van der Waals surface area (Å²) in [6.07, 6.45) is 0. The first kappa shape index (κ1) is 33.2. The van der Waals surface area contributed by atoms with Gasteiger partial charge in [-0.2, -0.15) is 0 Å². The van der Waals surface area contributed by atoms with Crippen LogP contribution in [0, 0.1) is 0 Å². The fourth-order valence-electron chi connectivity index (χ4n) is 8.74. The second kappa shape index (κ2) is 13.8. The van der Waals surface area contributed by atoms with Crippen LogP contribution in [0.2, 0.25) is 0 Å². The molecule has 0 fully saturated rings. The van der Waals surface area contributed by atoms with Gasteiger partial charge in [0.1, 0.15) is 0 Å². The van der Waals surface area contributed by atoms with Crippen molar-refractivity contribution in [3.05, 3.63) is 218 Å². The highest BCUT2D eigenvalue weighted by atomic mass is 32.1. The van der Waals surface area contributed by atoms with E-state index in [1.165, 1.54) is 75.4 Å². The highest BCUT2D eigenvalue weighted by Gasteiger charge is 2.23. The largest absolute Gasteiger partial charge is 0.309 e. The van der Waals surface area contributed by atoms with Gasteiger partial charge in [-0.05, 0) is 88.5 Å². The lowest BCUT2D eigenvalue weighted by Crippen LogP contribution is -2.12. The van der Waals surface area contributed by atoms with Crippen molar-refractivity contribution in [1.29, 1.82) is 0 Å². The summed E-state index contributed by atoms with van der Waals surface area (Å²) < 4.78 is 4.95. The lowest BCUT2D eigenvalue weighted by Gasteiger charge is -2.29. The number of aromatic nitrogens is 1. The molecule has 0 aliphatic heterocycles. The summed E-state index contributed by atoms with van der Waals surface area (Å²) >= 11 is 1.86. The fraction of sp³-hybridized carbons (Fsp3) is 0. The average molecular weight is 745 g/mol. The van der Waals surface area contributed by atoms with Crippen LogP contribution < -0.4 is 4.90 Å². The van der Waals surface area contributed by atoms with Gasteiger partial charge < -0.3 is 9.47 Å². The first-order valence-electron chi connectivity index (χ1n) is 19.4. The number of hydrogen-bond acceptors (Lipinski definition) is 2. The number of anilines is 3. The number of benzene rings is 9. The Balaban J connectivity index is 1.14. The van der Waals surface area contributed by atoms with E-state index in [2.05, 4.69) is 228 Å². The van der Waals surface area contributed by atoms with E-state index in [0.29, 0.717) is 0 Å². The van der Waals surface area contributed by atoms with E-state index >= 15 is 0 Å². The van der Waals surface area contributed by atoms with Gasteiger partial charge in [0.05, 0.1) is 22.4 Å². The molecule has 2 nitrogen and oxygen atoms in total. The van der Waals surface area contributed by atoms with Crippen molar-refractivity contribution in [3.63, 3.8) is 0 Å². The molecule has 2 heterocycles. The third-order valence-corrected chi connectivity index (χ3v) is 12.4. The molecule has 2 aromatic heterocycles. The van der Waals surface area contributed by atoms with E-state index in [4.69, 9.17) is 0 Å². The van der Waals surface area contributed by atoms with Crippen LogP contribution in [0.5, 0.6) is 0 Å². The molecule has 0 unspecified atom stereocenters. The van der Waals surface area contributed by atoms with Crippen molar-refractivity contribution < 1.29 is 0 Å². The van der Waals surface area contributed by atoms with Gasteiger partial charge in [0.15, 0.2) is 0 Å². The van der Waals surface area contributed by atoms with Gasteiger partial charge >= 0.3 is 0 Å². The Hall–Kier alpha value is -7.20. The molecule has 0 bridgehead atoms. The zero-order valence-corrected chi connectivity index (χ0v) is 31.9. The molecule has 0 radical (unpaired) electrons. The number of hydrogen-bond donors (Lipinski definition) is 0. The van der Waals surface area contributed by atoms with Gasteiger partial charge in [0.2, 0.25) is 0 Å². The van der Waals surface area contributed by atoms with Crippen molar-refractivity contribution in [3.8, 4) is 39.1 Å². The Labute approximate surface area is 335 Å². The maximum absolute atomic E-state index is 2.48. The van der Waals surface area contributed by atoms with E-state index in [0.717, 1.165) is 22.7 Å². The SMILES string of the molecule is c1ccc(-c2ccccc2-c2ccccc2-c2ccccc2N(c2ccc(-n3c4ccccc4c4ccccc43)cc2)c2cccc3sc4ccccc4c23)cc1. The van der Waals surface area contributed by atoms with Gasteiger partial charge in [0, 0.05) is 47.9 Å². The van der Waals surface area contributed by atoms with Crippen molar-refractivity contribution in [2.24, 2.45) is 0 Å². The molecule has 0 amide bonds. The minimum atomic E-state index is 1.09. The predicted octanol–water partition coefficient (Wildman–Crippen LogP) is 15.6. The lowest BCUT2D eigenvalue weighted by atomic mass is 9.88. The number of fused-ring (bicyclic) bond motifs is 6. The fourth-order valence-corrected chi connectivity index (χ4v) is 9.87. The summed E-state index contributed by atoms with van der Waals surface area (Å²) in [6.45, 7) is 0. The first-order valence-corrected chi connectivity index (χ1v) is 20.3. The molecule has 0 spiro atoms. The summed E-state index contributed by atoms with van der Waals surface area (Å²) in [5, 5.41) is 5.06. The third kappa shape index (κ3) is 5.55. The predicted molar refractivity (Wildman–Crippen MR) is 245 cm³/mol. The van der Waals surface area contributed by atoms with E-state index in [-0.39, 0.29) is 0 Å². The van der Waals surface area contributed by atoms with Gasteiger partial charge in [-0.15, -0.1) is 11.3 Å². The topological polar surface area (TPSA) is 8.17 Å². The molecule has 0 aliphatic rings. The Morgan fingerprint density at radius 3 is 1.53 bits per heavy atom. The maximum Gasteiger partial charge on any atom is 0.0555 e. The second-order valence-electron chi connectivity index (χ2n) is 14.4. The number of nitrogens with zero attached hydrogens (tertiary/aromatic N) is 2. The summed E-state index contributed by atoms with van der Waals surface area (Å²) in [5.41, 5.74) is 14.1. The molecule has 0 saturated carbocycles. The molecule has 9 aromatic carbocycles. The van der Waals surface area contributed by atoms with Crippen LogP contribution in [0.3, 0.4) is 0 Å². The Kier molecular flexibility index (Phi) is 8.04. The minimum Gasteiger partial charge on any atom is -0.309 e. The molecule has 0 atom stereocenters. The van der Waals surface area contributed by atoms with Crippen molar-refractivity contribution in [2.75, 3.05) is 4.90 Å². The van der Waals surface area contributed by atoms with E-state index < -0.39 is 0 Å². The number of rotatable bonds is 7. The molecule has 57 heavy (non-hydrogen) atoms. The zero-order chi connectivity index (χ0) is 37.7. The van der Waals surface area contributed by atoms with E-state index in [1.807, 2.05) is 11.3 Å². The first-order chi connectivity index (χ1) is 28.3. The average Bonchev–Trinajstić information content (AvgIpc) is 3.84. The summed E-state index contributed by atoms with van der Waals surface area (Å²) in [7, 11) is 0. The van der Waals surface area contributed by atoms with Crippen molar-refractivity contribution in [2.45, 2.75) is 0 Å². The van der Waals surface area contributed by atoms with Gasteiger partial charge in [-0.3, -0.25) is 0 Å².